The first-order valence-electron chi connectivity index (χ1n) is 9.34. The second-order valence-electron chi connectivity index (χ2n) is 6.42. The first kappa shape index (κ1) is 22.9. The standard InChI is InChI=1S/C18H19N5O8S/c1-3-21(4-2)32(28,29)13-5-6-14(16(8-13)23(26)27)20-19-10-12-7-17-18(31-11-30-17)9-15(12)22(24)25/h5-10,20H,3-4,11H2,1-2H3. The average molecular weight is 465 g/mol. The van der Waals surface area contributed by atoms with Crippen LogP contribution in [0.15, 0.2) is 40.3 Å². The van der Waals surface area contributed by atoms with Crippen LogP contribution >= 0.6 is 0 Å². The van der Waals surface area contributed by atoms with E-state index in [0.717, 1.165) is 12.3 Å². The molecule has 0 unspecified atom stereocenters. The van der Waals surface area contributed by atoms with E-state index in [9.17, 15) is 28.6 Å². The van der Waals surface area contributed by atoms with Crippen molar-refractivity contribution in [3.63, 3.8) is 0 Å². The van der Waals surface area contributed by atoms with Gasteiger partial charge in [0.05, 0.1) is 32.6 Å². The van der Waals surface area contributed by atoms with E-state index in [0.29, 0.717) is 5.75 Å². The molecule has 0 fully saturated rings. The highest BCUT2D eigenvalue weighted by Crippen LogP contribution is 2.37. The minimum atomic E-state index is -3.90. The Morgan fingerprint density at radius 1 is 1.06 bits per heavy atom. The molecule has 1 N–H and O–H groups in total. The largest absolute Gasteiger partial charge is 0.454 e. The van der Waals surface area contributed by atoms with Gasteiger partial charge in [-0.25, -0.2) is 8.42 Å². The Hall–Kier alpha value is -3.78. The van der Waals surface area contributed by atoms with Gasteiger partial charge in [0.1, 0.15) is 5.69 Å². The van der Waals surface area contributed by atoms with Gasteiger partial charge in [0.15, 0.2) is 11.5 Å². The molecular weight excluding hydrogens is 446 g/mol. The van der Waals surface area contributed by atoms with Crippen molar-refractivity contribution < 1.29 is 27.7 Å². The van der Waals surface area contributed by atoms with Crippen molar-refractivity contribution in [1.82, 2.24) is 4.31 Å². The SMILES string of the molecule is CCN(CC)S(=O)(=O)c1ccc(NN=Cc2cc3c(cc2[N+](=O)[O-])OCO3)c([N+](=O)[O-])c1. The first-order valence-corrected chi connectivity index (χ1v) is 10.8. The van der Waals surface area contributed by atoms with Crippen molar-refractivity contribution >= 4 is 33.3 Å². The molecule has 14 heteroatoms. The summed E-state index contributed by atoms with van der Waals surface area (Å²) in [6.45, 7) is 3.68. The second kappa shape index (κ2) is 9.15. The molecule has 2 aromatic carbocycles. The fourth-order valence-corrected chi connectivity index (χ4v) is 4.49. The molecule has 0 saturated heterocycles. The number of benzene rings is 2. The molecule has 1 aliphatic rings. The van der Waals surface area contributed by atoms with Crippen LogP contribution in [-0.4, -0.2) is 48.7 Å². The van der Waals surface area contributed by atoms with Crippen LogP contribution in [0.2, 0.25) is 0 Å². The van der Waals surface area contributed by atoms with Crippen LogP contribution in [0.25, 0.3) is 0 Å². The molecule has 32 heavy (non-hydrogen) atoms. The molecule has 13 nitrogen and oxygen atoms in total. The van der Waals surface area contributed by atoms with E-state index in [2.05, 4.69) is 10.5 Å². The van der Waals surface area contributed by atoms with Gasteiger partial charge in [-0.2, -0.15) is 9.41 Å². The number of hydrazone groups is 1. The Kier molecular flexibility index (Phi) is 6.55. The zero-order valence-electron chi connectivity index (χ0n) is 17.0. The minimum absolute atomic E-state index is 0.0692. The summed E-state index contributed by atoms with van der Waals surface area (Å²) >= 11 is 0. The number of hydrogen-bond acceptors (Lipinski definition) is 10. The van der Waals surface area contributed by atoms with Crippen molar-refractivity contribution in [3.8, 4) is 11.5 Å². The van der Waals surface area contributed by atoms with E-state index in [4.69, 9.17) is 9.47 Å². The number of fused-ring (bicyclic) bond motifs is 1. The summed E-state index contributed by atoms with van der Waals surface area (Å²) in [5.41, 5.74) is 1.61. The molecule has 2 aromatic rings. The maximum atomic E-state index is 12.6. The van der Waals surface area contributed by atoms with Gasteiger partial charge in [-0.05, 0) is 18.2 Å². The van der Waals surface area contributed by atoms with E-state index in [1.165, 1.54) is 28.6 Å². The van der Waals surface area contributed by atoms with Gasteiger partial charge >= 0.3 is 0 Å². The molecule has 3 rings (SSSR count). The Bertz CT molecular complexity index is 1190. The number of nitro groups is 2. The molecule has 0 atom stereocenters. The predicted octanol–water partition coefficient (Wildman–Crippen LogP) is 2.71. The van der Waals surface area contributed by atoms with Gasteiger partial charge in [-0.15, -0.1) is 0 Å². The Balaban J connectivity index is 1.91. The number of sulfonamides is 1. The van der Waals surface area contributed by atoms with E-state index < -0.39 is 25.6 Å². The highest BCUT2D eigenvalue weighted by molar-refractivity contribution is 7.89. The molecule has 0 bridgehead atoms. The molecule has 0 aromatic heterocycles. The predicted molar refractivity (Wildman–Crippen MR) is 114 cm³/mol. The normalized spacial score (nSPS) is 13.0. The van der Waals surface area contributed by atoms with Crippen LogP contribution in [0.4, 0.5) is 17.1 Å². The van der Waals surface area contributed by atoms with Crippen molar-refractivity contribution in [1.29, 1.82) is 0 Å². The van der Waals surface area contributed by atoms with Gasteiger partial charge in [-0.1, -0.05) is 13.8 Å². The Labute approximate surface area is 182 Å². The lowest BCUT2D eigenvalue weighted by molar-refractivity contribution is -0.385. The van der Waals surface area contributed by atoms with Crippen LogP contribution in [0, 0.1) is 20.2 Å². The number of rotatable bonds is 9. The van der Waals surface area contributed by atoms with Crippen molar-refractivity contribution in [3.05, 3.63) is 56.1 Å². The van der Waals surface area contributed by atoms with E-state index >= 15 is 0 Å². The smallest absolute Gasteiger partial charge is 0.295 e. The lowest BCUT2D eigenvalue weighted by atomic mass is 10.1. The minimum Gasteiger partial charge on any atom is -0.454 e. The zero-order valence-corrected chi connectivity index (χ0v) is 17.9. The fourth-order valence-electron chi connectivity index (χ4n) is 3.01. The van der Waals surface area contributed by atoms with Gasteiger partial charge in [-0.3, -0.25) is 25.7 Å². The monoisotopic (exact) mass is 465 g/mol. The van der Waals surface area contributed by atoms with Crippen LogP contribution in [0.1, 0.15) is 19.4 Å². The fraction of sp³-hybridized carbons (Fsp3) is 0.278. The molecule has 0 saturated carbocycles. The second-order valence-corrected chi connectivity index (χ2v) is 8.35. The number of anilines is 1. The van der Waals surface area contributed by atoms with Crippen LogP contribution < -0.4 is 14.9 Å². The third-order valence-electron chi connectivity index (χ3n) is 4.62. The number of hydrogen-bond donors (Lipinski definition) is 1. The molecule has 170 valence electrons. The summed E-state index contributed by atoms with van der Waals surface area (Å²) in [7, 11) is -3.90. The maximum absolute atomic E-state index is 12.6. The molecule has 0 radical (unpaired) electrons. The molecule has 0 spiro atoms. The van der Waals surface area contributed by atoms with Crippen molar-refractivity contribution in [2.75, 3.05) is 25.3 Å². The van der Waals surface area contributed by atoms with E-state index in [1.54, 1.807) is 13.8 Å². The summed E-state index contributed by atoms with van der Waals surface area (Å²) in [5.74, 6) is 0.524. The first-order chi connectivity index (χ1) is 15.2. The lowest BCUT2D eigenvalue weighted by Crippen LogP contribution is -2.30. The zero-order chi connectivity index (χ0) is 23.5. The summed E-state index contributed by atoms with van der Waals surface area (Å²) < 4.78 is 36.8. The van der Waals surface area contributed by atoms with Gasteiger partial charge in [0, 0.05) is 19.2 Å². The number of nitrogens with one attached hydrogen (secondary N) is 1. The molecule has 0 aliphatic carbocycles. The van der Waals surface area contributed by atoms with Crippen LogP contribution in [0.3, 0.4) is 0 Å². The van der Waals surface area contributed by atoms with Gasteiger partial charge in [0.25, 0.3) is 11.4 Å². The summed E-state index contributed by atoms with van der Waals surface area (Å²) in [6, 6.07) is 5.93. The topological polar surface area (TPSA) is 167 Å². The maximum Gasteiger partial charge on any atom is 0.295 e. The highest BCUT2D eigenvalue weighted by Gasteiger charge is 2.26. The molecule has 1 heterocycles. The van der Waals surface area contributed by atoms with Crippen molar-refractivity contribution in [2.45, 2.75) is 18.7 Å². The van der Waals surface area contributed by atoms with Crippen LogP contribution in [-0.2, 0) is 10.0 Å². The molecule has 0 amide bonds. The average Bonchev–Trinajstić information content (AvgIpc) is 3.21. The highest BCUT2D eigenvalue weighted by atomic mass is 32.2. The van der Waals surface area contributed by atoms with Crippen LogP contribution in [0.5, 0.6) is 11.5 Å². The molecule has 1 aliphatic heterocycles. The number of ether oxygens (including phenoxy) is 2. The lowest BCUT2D eigenvalue weighted by Gasteiger charge is -2.18. The Morgan fingerprint density at radius 3 is 2.28 bits per heavy atom. The third kappa shape index (κ3) is 4.45. The van der Waals surface area contributed by atoms with Gasteiger partial charge in [0.2, 0.25) is 16.8 Å². The van der Waals surface area contributed by atoms with Gasteiger partial charge < -0.3 is 9.47 Å². The number of nitro benzene ring substituents is 2. The van der Waals surface area contributed by atoms with E-state index in [1.807, 2.05) is 0 Å². The molecular formula is C18H19N5O8S. The number of nitrogens with zero attached hydrogens (tertiary/aromatic N) is 4. The van der Waals surface area contributed by atoms with E-state index in [-0.39, 0.29) is 47.5 Å². The Morgan fingerprint density at radius 2 is 1.69 bits per heavy atom. The summed E-state index contributed by atoms with van der Waals surface area (Å²) in [4.78, 5) is 21.2. The quantitative estimate of drug-likeness (QED) is 0.333. The summed E-state index contributed by atoms with van der Waals surface area (Å²) in [6.07, 6.45) is 1.10. The third-order valence-corrected chi connectivity index (χ3v) is 6.66. The summed E-state index contributed by atoms with van der Waals surface area (Å²) in [5, 5.41) is 26.7. The van der Waals surface area contributed by atoms with Crippen molar-refractivity contribution in [2.24, 2.45) is 5.10 Å².